The number of hydrogen-bond acceptors (Lipinski definition) is 3. The Bertz CT molecular complexity index is 410. The van der Waals surface area contributed by atoms with Crippen LogP contribution in [0, 0.1) is 5.82 Å². The van der Waals surface area contributed by atoms with Gasteiger partial charge in [0, 0.05) is 19.0 Å². The fourth-order valence-corrected chi connectivity index (χ4v) is 1.52. The van der Waals surface area contributed by atoms with E-state index in [0.29, 0.717) is 19.4 Å². The molecule has 0 aromatic heterocycles. The van der Waals surface area contributed by atoms with Crippen molar-refractivity contribution >= 4 is 5.91 Å². The van der Waals surface area contributed by atoms with Gasteiger partial charge in [0.2, 0.25) is 5.91 Å². The molecule has 18 heavy (non-hydrogen) atoms. The van der Waals surface area contributed by atoms with Crippen molar-refractivity contribution in [3.05, 3.63) is 29.6 Å². The lowest BCUT2D eigenvalue weighted by molar-refractivity contribution is -0.121. The van der Waals surface area contributed by atoms with E-state index in [1.54, 1.807) is 12.1 Å². The zero-order valence-corrected chi connectivity index (χ0v) is 10.7. The van der Waals surface area contributed by atoms with Crippen molar-refractivity contribution in [2.24, 2.45) is 5.73 Å². The molecule has 5 heteroatoms. The maximum atomic E-state index is 13.2. The zero-order valence-electron chi connectivity index (χ0n) is 10.7. The van der Waals surface area contributed by atoms with Crippen LogP contribution in [0.2, 0.25) is 0 Å². The molecule has 1 atom stereocenters. The molecule has 1 aromatic carbocycles. The molecule has 4 nitrogen and oxygen atoms in total. The van der Waals surface area contributed by atoms with Crippen molar-refractivity contribution in [1.29, 1.82) is 0 Å². The van der Waals surface area contributed by atoms with Crippen molar-refractivity contribution in [3.8, 4) is 5.75 Å². The number of halogens is 1. The summed E-state index contributed by atoms with van der Waals surface area (Å²) in [5.74, 6) is -0.262. The third-order valence-corrected chi connectivity index (χ3v) is 2.62. The highest BCUT2D eigenvalue weighted by Gasteiger charge is 2.08. The third kappa shape index (κ3) is 4.33. The van der Waals surface area contributed by atoms with Crippen LogP contribution in [0.15, 0.2) is 18.2 Å². The maximum Gasteiger partial charge on any atom is 0.220 e. The number of aryl methyl sites for hydroxylation is 1. The van der Waals surface area contributed by atoms with Crippen LogP contribution in [-0.4, -0.2) is 25.6 Å². The van der Waals surface area contributed by atoms with Gasteiger partial charge < -0.3 is 15.8 Å². The summed E-state index contributed by atoms with van der Waals surface area (Å²) in [5.41, 5.74) is 6.27. The first-order valence-corrected chi connectivity index (χ1v) is 5.88. The molecule has 1 aromatic rings. The molecule has 1 unspecified atom stereocenters. The number of hydrogen-bond donors (Lipinski definition) is 2. The maximum absolute atomic E-state index is 13.2. The van der Waals surface area contributed by atoms with E-state index in [1.165, 1.54) is 13.2 Å². The first-order chi connectivity index (χ1) is 8.56. The number of methoxy groups -OCH3 is 1. The van der Waals surface area contributed by atoms with E-state index in [1.807, 2.05) is 6.92 Å². The number of nitrogens with two attached hydrogens (primary N) is 1. The van der Waals surface area contributed by atoms with Crippen LogP contribution in [-0.2, 0) is 11.2 Å². The number of ether oxygens (including phenoxy) is 1. The van der Waals surface area contributed by atoms with Gasteiger partial charge in [-0.2, -0.15) is 0 Å². The minimum atomic E-state index is -0.401. The SMILES string of the molecule is COc1cc(CCC(=O)NC(C)CN)ccc1F. The van der Waals surface area contributed by atoms with Crippen molar-refractivity contribution in [1.82, 2.24) is 5.32 Å². The second-order valence-corrected chi connectivity index (χ2v) is 4.17. The fraction of sp³-hybridized carbons (Fsp3) is 0.462. The Kier molecular flexibility index (Phi) is 5.58. The van der Waals surface area contributed by atoms with Crippen molar-refractivity contribution in [2.75, 3.05) is 13.7 Å². The second-order valence-electron chi connectivity index (χ2n) is 4.17. The fourth-order valence-electron chi connectivity index (χ4n) is 1.52. The summed E-state index contributed by atoms with van der Waals surface area (Å²) in [6.07, 6.45) is 0.888. The van der Waals surface area contributed by atoms with E-state index in [-0.39, 0.29) is 17.7 Å². The molecule has 0 radical (unpaired) electrons. The number of amides is 1. The Morgan fingerprint density at radius 3 is 2.89 bits per heavy atom. The van der Waals surface area contributed by atoms with Gasteiger partial charge in [0.15, 0.2) is 11.6 Å². The van der Waals surface area contributed by atoms with E-state index in [2.05, 4.69) is 5.32 Å². The molecule has 0 saturated carbocycles. The lowest BCUT2D eigenvalue weighted by Gasteiger charge is -2.11. The highest BCUT2D eigenvalue weighted by molar-refractivity contribution is 5.76. The molecule has 1 rings (SSSR count). The molecular weight excluding hydrogens is 235 g/mol. The third-order valence-electron chi connectivity index (χ3n) is 2.62. The highest BCUT2D eigenvalue weighted by Crippen LogP contribution is 2.18. The van der Waals surface area contributed by atoms with Crippen molar-refractivity contribution < 1.29 is 13.9 Å². The van der Waals surface area contributed by atoms with E-state index >= 15 is 0 Å². The second kappa shape index (κ2) is 6.96. The van der Waals surface area contributed by atoms with Crippen LogP contribution in [0.4, 0.5) is 4.39 Å². The molecule has 3 N–H and O–H groups in total. The van der Waals surface area contributed by atoms with Crippen LogP contribution in [0.25, 0.3) is 0 Å². The van der Waals surface area contributed by atoms with Gasteiger partial charge in [0.1, 0.15) is 0 Å². The zero-order chi connectivity index (χ0) is 13.5. The highest BCUT2D eigenvalue weighted by atomic mass is 19.1. The minimum absolute atomic E-state index is 0.0275. The molecule has 0 bridgehead atoms. The van der Waals surface area contributed by atoms with Crippen LogP contribution >= 0.6 is 0 Å². The Morgan fingerprint density at radius 2 is 2.28 bits per heavy atom. The molecule has 100 valence electrons. The first kappa shape index (κ1) is 14.4. The van der Waals surface area contributed by atoms with Gasteiger partial charge in [0.25, 0.3) is 0 Å². The van der Waals surface area contributed by atoms with Crippen LogP contribution in [0.3, 0.4) is 0 Å². The molecule has 1 amide bonds. The Morgan fingerprint density at radius 1 is 1.56 bits per heavy atom. The van der Waals surface area contributed by atoms with Gasteiger partial charge in [-0.15, -0.1) is 0 Å². The number of rotatable bonds is 6. The topological polar surface area (TPSA) is 64.3 Å². The molecule has 0 aliphatic carbocycles. The standard InChI is InChI=1S/C13H19FN2O2/c1-9(8-15)16-13(17)6-4-10-3-5-11(14)12(7-10)18-2/h3,5,7,9H,4,6,8,15H2,1-2H3,(H,16,17). The summed E-state index contributed by atoms with van der Waals surface area (Å²) in [6, 6.07) is 4.57. The minimum Gasteiger partial charge on any atom is -0.494 e. The van der Waals surface area contributed by atoms with Gasteiger partial charge in [-0.3, -0.25) is 4.79 Å². The normalized spacial score (nSPS) is 12.0. The lowest BCUT2D eigenvalue weighted by Crippen LogP contribution is -2.37. The number of carbonyl (C=O) groups excluding carboxylic acids is 1. The molecule has 0 fully saturated rings. The van der Waals surface area contributed by atoms with Crippen LogP contribution in [0.5, 0.6) is 5.75 Å². The number of benzene rings is 1. The van der Waals surface area contributed by atoms with Gasteiger partial charge >= 0.3 is 0 Å². The van der Waals surface area contributed by atoms with Crippen molar-refractivity contribution in [2.45, 2.75) is 25.8 Å². The Labute approximate surface area is 106 Å². The monoisotopic (exact) mass is 254 g/mol. The smallest absolute Gasteiger partial charge is 0.220 e. The Balaban J connectivity index is 2.51. The van der Waals surface area contributed by atoms with E-state index in [4.69, 9.17) is 10.5 Å². The first-order valence-electron chi connectivity index (χ1n) is 5.88. The molecule has 0 spiro atoms. The van der Waals surface area contributed by atoms with Gasteiger partial charge in [0.05, 0.1) is 7.11 Å². The largest absolute Gasteiger partial charge is 0.494 e. The average molecular weight is 254 g/mol. The van der Waals surface area contributed by atoms with Gasteiger partial charge in [-0.1, -0.05) is 6.07 Å². The van der Waals surface area contributed by atoms with Crippen LogP contribution in [0.1, 0.15) is 18.9 Å². The van der Waals surface area contributed by atoms with Gasteiger partial charge in [-0.25, -0.2) is 4.39 Å². The molecule has 0 heterocycles. The quantitative estimate of drug-likeness (QED) is 0.802. The lowest BCUT2D eigenvalue weighted by atomic mass is 10.1. The molecule has 0 aliphatic heterocycles. The summed E-state index contributed by atoms with van der Waals surface area (Å²) >= 11 is 0. The van der Waals surface area contributed by atoms with E-state index in [9.17, 15) is 9.18 Å². The van der Waals surface area contributed by atoms with Crippen LogP contribution < -0.4 is 15.8 Å². The molecule has 0 aliphatic rings. The van der Waals surface area contributed by atoms with Crippen molar-refractivity contribution in [3.63, 3.8) is 0 Å². The predicted molar refractivity (Wildman–Crippen MR) is 67.9 cm³/mol. The number of nitrogens with one attached hydrogen (secondary N) is 1. The van der Waals surface area contributed by atoms with E-state index < -0.39 is 5.82 Å². The summed E-state index contributed by atoms with van der Waals surface area (Å²) in [6.45, 7) is 2.26. The predicted octanol–water partition coefficient (Wildman–Crippen LogP) is 1.23. The van der Waals surface area contributed by atoms with E-state index in [0.717, 1.165) is 5.56 Å². The summed E-state index contributed by atoms with van der Waals surface area (Å²) in [7, 11) is 1.41. The van der Waals surface area contributed by atoms with Gasteiger partial charge in [-0.05, 0) is 31.0 Å². The Hall–Kier alpha value is -1.62. The summed E-state index contributed by atoms with van der Waals surface area (Å²) < 4.78 is 18.1. The average Bonchev–Trinajstić information content (AvgIpc) is 2.37. The molecular formula is C13H19FN2O2. The molecule has 0 saturated heterocycles. The summed E-state index contributed by atoms with van der Waals surface area (Å²) in [5, 5.41) is 2.77. The summed E-state index contributed by atoms with van der Waals surface area (Å²) in [4.78, 5) is 11.5. The number of carbonyl (C=O) groups is 1.